The minimum atomic E-state index is -0.261. The van der Waals surface area contributed by atoms with Crippen LogP contribution in [-0.2, 0) is 9.59 Å². The van der Waals surface area contributed by atoms with Crippen molar-refractivity contribution in [2.45, 2.75) is 0 Å². The first-order chi connectivity index (χ1) is 16.6. The number of rotatable bonds is 7. The van der Waals surface area contributed by atoms with E-state index in [0.29, 0.717) is 42.6 Å². The van der Waals surface area contributed by atoms with E-state index in [2.05, 4.69) is 10.2 Å². The lowest BCUT2D eigenvalue weighted by Gasteiger charge is -2.36. The van der Waals surface area contributed by atoms with Crippen LogP contribution < -0.4 is 15.0 Å². The quantitative estimate of drug-likeness (QED) is 0.502. The molecule has 1 fully saturated rings. The van der Waals surface area contributed by atoms with Gasteiger partial charge in [0.05, 0.1) is 10.7 Å². The lowest BCUT2D eigenvalue weighted by atomic mass is 10.2. The molecule has 0 saturated carbocycles. The van der Waals surface area contributed by atoms with Crippen molar-refractivity contribution in [3.8, 4) is 5.75 Å². The molecule has 7 heteroatoms. The van der Waals surface area contributed by atoms with Gasteiger partial charge in [-0.2, -0.15) is 0 Å². The SMILES string of the molecule is O=C(COc1ccccc1)Nc1ccc(N2CCN(C(=O)/C=C/c3ccccc3)CC2)c(Cl)c1. The standard InChI is InChI=1S/C27H26ClN3O3/c28-24-19-22(29-26(32)20-34-23-9-5-2-6-10-23)12-13-25(24)30-15-17-31(18-16-30)27(33)14-11-21-7-3-1-4-8-21/h1-14,19H,15-18,20H2,(H,29,32)/b14-11+. The second-order valence-corrected chi connectivity index (χ2v) is 8.28. The third kappa shape index (κ3) is 6.39. The highest BCUT2D eigenvalue weighted by Gasteiger charge is 2.21. The molecule has 1 heterocycles. The van der Waals surface area contributed by atoms with Gasteiger partial charge in [0.15, 0.2) is 6.61 Å². The number of nitrogens with zero attached hydrogens (tertiary/aromatic N) is 2. The highest BCUT2D eigenvalue weighted by Crippen LogP contribution is 2.29. The molecule has 34 heavy (non-hydrogen) atoms. The average molecular weight is 476 g/mol. The fourth-order valence-electron chi connectivity index (χ4n) is 3.71. The zero-order chi connectivity index (χ0) is 23.8. The van der Waals surface area contributed by atoms with Crippen LogP contribution in [0.25, 0.3) is 6.08 Å². The number of carbonyl (C=O) groups excluding carboxylic acids is 2. The summed E-state index contributed by atoms with van der Waals surface area (Å²) < 4.78 is 5.47. The van der Waals surface area contributed by atoms with E-state index >= 15 is 0 Å². The molecule has 2 amide bonds. The molecular formula is C27H26ClN3O3. The highest BCUT2D eigenvalue weighted by molar-refractivity contribution is 6.33. The minimum absolute atomic E-state index is 0.00498. The lowest BCUT2D eigenvalue weighted by Crippen LogP contribution is -2.48. The molecular weight excluding hydrogens is 450 g/mol. The summed E-state index contributed by atoms with van der Waals surface area (Å²) in [7, 11) is 0. The molecule has 0 aliphatic carbocycles. The first-order valence-corrected chi connectivity index (χ1v) is 11.5. The van der Waals surface area contributed by atoms with Crippen LogP contribution in [0.4, 0.5) is 11.4 Å². The Morgan fingerprint density at radius 3 is 2.26 bits per heavy atom. The van der Waals surface area contributed by atoms with E-state index in [4.69, 9.17) is 16.3 Å². The molecule has 3 aromatic carbocycles. The molecule has 6 nitrogen and oxygen atoms in total. The second-order valence-electron chi connectivity index (χ2n) is 7.87. The molecule has 0 radical (unpaired) electrons. The third-order valence-corrected chi connectivity index (χ3v) is 5.80. The summed E-state index contributed by atoms with van der Waals surface area (Å²) in [6.07, 6.45) is 3.46. The molecule has 1 saturated heterocycles. The van der Waals surface area contributed by atoms with Gasteiger partial charge in [0.1, 0.15) is 5.75 Å². The first-order valence-electron chi connectivity index (χ1n) is 11.1. The van der Waals surface area contributed by atoms with Crippen LogP contribution in [0, 0.1) is 0 Å². The van der Waals surface area contributed by atoms with Crippen LogP contribution in [0.5, 0.6) is 5.75 Å². The number of hydrogen-bond acceptors (Lipinski definition) is 4. The molecule has 0 aromatic heterocycles. The molecule has 0 unspecified atom stereocenters. The summed E-state index contributed by atoms with van der Waals surface area (Å²) in [5, 5.41) is 3.35. The van der Waals surface area contributed by atoms with Gasteiger partial charge in [-0.3, -0.25) is 9.59 Å². The van der Waals surface area contributed by atoms with Crippen molar-refractivity contribution in [2.24, 2.45) is 0 Å². The second kappa shape index (κ2) is 11.4. The molecule has 174 valence electrons. The predicted molar refractivity (Wildman–Crippen MR) is 136 cm³/mol. The first kappa shape index (κ1) is 23.4. The number of anilines is 2. The molecule has 0 bridgehead atoms. The Labute approximate surface area is 204 Å². The lowest BCUT2D eigenvalue weighted by molar-refractivity contribution is -0.126. The molecule has 0 atom stereocenters. The summed E-state index contributed by atoms with van der Waals surface area (Å²) in [4.78, 5) is 28.7. The zero-order valence-electron chi connectivity index (χ0n) is 18.7. The number of amides is 2. The average Bonchev–Trinajstić information content (AvgIpc) is 2.87. The van der Waals surface area contributed by atoms with Gasteiger partial charge in [0, 0.05) is 37.9 Å². The van der Waals surface area contributed by atoms with E-state index in [0.717, 1.165) is 11.3 Å². The predicted octanol–water partition coefficient (Wildman–Crippen LogP) is 4.72. The van der Waals surface area contributed by atoms with Crippen LogP contribution in [0.1, 0.15) is 5.56 Å². The minimum Gasteiger partial charge on any atom is -0.484 e. The fourth-order valence-corrected chi connectivity index (χ4v) is 4.01. The number of nitrogens with one attached hydrogen (secondary N) is 1. The molecule has 1 N–H and O–H groups in total. The molecule has 3 aromatic rings. The summed E-state index contributed by atoms with van der Waals surface area (Å²) >= 11 is 6.52. The number of carbonyl (C=O) groups is 2. The van der Waals surface area contributed by atoms with E-state index in [9.17, 15) is 9.59 Å². The van der Waals surface area contributed by atoms with Crippen molar-refractivity contribution in [1.82, 2.24) is 4.90 Å². The van der Waals surface area contributed by atoms with Crippen molar-refractivity contribution in [1.29, 1.82) is 0 Å². The summed E-state index contributed by atoms with van der Waals surface area (Å²) in [6, 6.07) is 24.4. The Hall–Kier alpha value is -3.77. The van der Waals surface area contributed by atoms with Crippen LogP contribution in [0.3, 0.4) is 0 Å². The molecule has 1 aliphatic rings. The Morgan fingerprint density at radius 1 is 0.912 bits per heavy atom. The Morgan fingerprint density at radius 2 is 1.59 bits per heavy atom. The number of halogens is 1. The number of benzene rings is 3. The normalized spacial score (nSPS) is 13.7. The van der Waals surface area contributed by atoms with E-state index in [1.54, 1.807) is 24.3 Å². The highest BCUT2D eigenvalue weighted by atomic mass is 35.5. The smallest absolute Gasteiger partial charge is 0.262 e. The Bertz CT molecular complexity index is 1140. The van der Waals surface area contributed by atoms with Crippen LogP contribution in [0.15, 0.2) is 84.9 Å². The van der Waals surface area contributed by atoms with Crippen molar-refractivity contribution >= 4 is 40.9 Å². The largest absolute Gasteiger partial charge is 0.484 e. The Kier molecular flexibility index (Phi) is 7.83. The van der Waals surface area contributed by atoms with Gasteiger partial charge in [-0.1, -0.05) is 60.1 Å². The summed E-state index contributed by atoms with van der Waals surface area (Å²) in [5.41, 5.74) is 2.49. The van der Waals surface area contributed by atoms with Crippen molar-refractivity contribution in [3.63, 3.8) is 0 Å². The number of ether oxygens (including phenoxy) is 1. The maximum Gasteiger partial charge on any atom is 0.262 e. The third-order valence-electron chi connectivity index (χ3n) is 5.49. The van der Waals surface area contributed by atoms with Gasteiger partial charge in [-0.15, -0.1) is 0 Å². The van der Waals surface area contributed by atoms with Gasteiger partial charge in [0.25, 0.3) is 5.91 Å². The van der Waals surface area contributed by atoms with Gasteiger partial charge in [-0.25, -0.2) is 0 Å². The van der Waals surface area contributed by atoms with Crippen molar-refractivity contribution in [3.05, 3.63) is 95.5 Å². The van der Waals surface area contributed by atoms with Gasteiger partial charge in [-0.05, 0) is 42.0 Å². The maximum absolute atomic E-state index is 12.5. The van der Waals surface area contributed by atoms with E-state index < -0.39 is 0 Å². The van der Waals surface area contributed by atoms with Crippen molar-refractivity contribution in [2.75, 3.05) is 43.0 Å². The monoisotopic (exact) mass is 475 g/mol. The topological polar surface area (TPSA) is 61.9 Å². The van der Waals surface area contributed by atoms with Crippen LogP contribution in [-0.4, -0.2) is 49.5 Å². The maximum atomic E-state index is 12.5. The van der Waals surface area contributed by atoms with E-state index in [1.807, 2.05) is 71.6 Å². The molecule has 1 aliphatic heterocycles. The number of piperazine rings is 1. The van der Waals surface area contributed by atoms with Crippen LogP contribution in [0.2, 0.25) is 5.02 Å². The van der Waals surface area contributed by atoms with Gasteiger partial charge >= 0.3 is 0 Å². The molecule has 4 rings (SSSR count). The number of hydrogen-bond donors (Lipinski definition) is 1. The summed E-state index contributed by atoms with van der Waals surface area (Å²) in [6.45, 7) is 2.51. The van der Waals surface area contributed by atoms with Gasteiger partial charge < -0.3 is 19.9 Å². The Balaban J connectivity index is 1.27. The molecule has 0 spiro atoms. The zero-order valence-corrected chi connectivity index (χ0v) is 19.4. The summed E-state index contributed by atoms with van der Waals surface area (Å²) in [5.74, 6) is 0.382. The van der Waals surface area contributed by atoms with Gasteiger partial charge in [0.2, 0.25) is 5.91 Å². The van der Waals surface area contributed by atoms with Crippen LogP contribution >= 0.6 is 11.6 Å². The fraction of sp³-hybridized carbons (Fsp3) is 0.185. The van der Waals surface area contributed by atoms with Crippen molar-refractivity contribution < 1.29 is 14.3 Å². The van der Waals surface area contributed by atoms with E-state index in [1.165, 1.54) is 0 Å². The van der Waals surface area contributed by atoms with E-state index in [-0.39, 0.29) is 18.4 Å². The number of para-hydroxylation sites is 1.